The summed E-state index contributed by atoms with van der Waals surface area (Å²) in [5, 5.41) is 3.95. The summed E-state index contributed by atoms with van der Waals surface area (Å²) in [5.74, 6) is 0.339. The number of para-hydroxylation sites is 1. The van der Waals surface area contributed by atoms with E-state index in [1.807, 2.05) is 0 Å². The molecule has 0 radical (unpaired) electrons. The molecule has 0 bridgehead atoms. The van der Waals surface area contributed by atoms with Gasteiger partial charge in [0.2, 0.25) is 0 Å². The molecule has 2 N–H and O–H groups in total. The van der Waals surface area contributed by atoms with Crippen LogP contribution >= 0.6 is 0 Å². The van der Waals surface area contributed by atoms with E-state index in [1.165, 1.54) is 12.5 Å². The zero-order valence-electron chi connectivity index (χ0n) is 10.5. The molecule has 0 unspecified atom stereocenters. The van der Waals surface area contributed by atoms with E-state index >= 15 is 0 Å². The normalized spacial score (nSPS) is 15.7. The molecular weight excluding hydrogens is 247 g/mol. The van der Waals surface area contributed by atoms with E-state index in [-0.39, 0.29) is 11.6 Å². The Morgan fingerprint density at radius 3 is 2.79 bits per heavy atom. The quantitative estimate of drug-likeness (QED) is 0.842. The maximum absolute atomic E-state index is 13.4. The molecule has 1 aromatic heterocycles. The number of halogens is 1. The fourth-order valence-electron chi connectivity index (χ4n) is 2.27. The molecule has 1 saturated heterocycles. The lowest BCUT2D eigenvalue weighted by Gasteiger charge is -2.24. The summed E-state index contributed by atoms with van der Waals surface area (Å²) >= 11 is 0. The van der Waals surface area contributed by atoms with Gasteiger partial charge in [0.05, 0.1) is 11.3 Å². The van der Waals surface area contributed by atoms with Crippen molar-refractivity contribution in [3.05, 3.63) is 24.0 Å². The molecule has 1 fully saturated rings. The molecule has 0 aliphatic carbocycles. The topological polar surface area (TPSA) is 68.2 Å². The lowest BCUT2D eigenvalue weighted by molar-refractivity contribution is 0.426. The molecule has 19 heavy (non-hydrogen) atoms. The zero-order chi connectivity index (χ0) is 13.2. The monoisotopic (exact) mass is 262 g/mol. The van der Waals surface area contributed by atoms with Crippen LogP contribution in [0.25, 0.3) is 11.5 Å². The first-order chi connectivity index (χ1) is 9.25. The molecule has 0 atom stereocenters. The smallest absolute Gasteiger partial charge is 0.266 e. The molecular formula is C13H15FN4O. The summed E-state index contributed by atoms with van der Waals surface area (Å²) in [6.07, 6.45) is 3.50. The highest BCUT2D eigenvalue weighted by atomic mass is 19.1. The Kier molecular flexibility index (Phi) is 3.06. The maximum atomic E-state index is 13.4. The van der Waals surface area contributed by atoms with Crippen LogP contribution in [-0.2, 0) is 0 Å². The van der Waals surface area contributed by atoms with Crippen LogP contribution in [0.4, 0.5) is 16.0 Å². The van der Waals surface area contributed by atoms with Crippen LogP contribution in [0.1, 0.15) is 19.3 Å². The molecule has 1 aromatic carbocycles. The lowest BCUT2D eigenvalue weighted by atomic mass is 10.1. The number of aromatic nitrogens is 2. The molecule has 6 heteroatoms. The van der Waals surface area contributed by atoms with Crippen molar-refractivity contribution in [2.45, 2.75) is 19.3 Å². The van der Waals surface area contributed by atoms with E-state index in [0.29, 0.717) is 11.5 Å². The SMILES string of the molecule is Nc1c(F)cccc1-c1nc(N2CCCCC2)no1. The van der Waals surface area contributed by atoms with Gasteiger partial charge >= 0.3 is 0 Å². The van der Waals surface area contributed by atoms with Gasteiger partial charge in [-0.1, -0.05) is 6.07 Å². The molecule has 0 spiro atoms. The van der Waals surface area contributed by atoms with E-state index in [1.54, 1.807) is 12.1 Å². The number of piperidine rings is 1. The molecule has 2 aromatic rings. The molecule has 0 saturated carbocycles. The fraction of sp³-hybridized carbons (Fsp3) is 0.385. The molecule has 0 amide bonds. The van der Waals surface area contributed by atoms with Gasteiger partial charge < -0.3 is 15.2 Å². The summed E-state index contributed by atoms with van der Waals surface area (Å²) < 4.78 is 18.6. The number of benzene rings is 1. The van der Waals surface area contributed by atoms with Gasteiger partial charge in [-0.15, -0.1) is 0 Å². The van der Waals surface area contributed by atoms with E-state index in [9.17, 15) is 4.39 Å². The fourth-order valence-corrected chi connectivity index (χ4v) is 2.27. The predicted molar refractivity (Wildman–Crippen MR) is 70.2 cm³/mol. The van der Waals surface area contributed by atoms with Gasteiger partial charge in [0, 0.05) is 13.1 Å². The third kappa shape index (κ3) is 2.25. The van der Waals surface area contributed by atoms with Gasteiger partial charge in [-0.2, -0.15) is 4.98 Å². The number of rotatable bonds is 2. The lowest BCUT2D eigenvalue weighted by Crippen LogP contribution is -2.30. The van der Waals surface area contributed by atoms with Gasteiger partial charge in [0.25, 0.3) is 11.8 Å². The molecule has 100 valence electrons. The third-order valence-corrected chi connectivity index (χ3v) is 3.34. The number of nitrogens with zero attached hydrogens (tertiary/aromatic N) is 3. The Balaban J connectivity index is 1.90. The Morgan fingerprint density at radius 1 is 1.21 bits per heavy atom. The Hall–Kier alpha value is -2.11. The molecule has 1 aliphatic heterocycles. The van der Waals surface area contributed by atoms with Gasteiger partial charge in [-0.25, -0.2) is 4.39 Å². The third-order valence-electron chi connectivity index (χ3n) is 3.34. The van der Waals surface area contributed by atoms with E-state index < -0.39 is 5.82 Å². The van der Waals surface area contributed by atoms with Crippen LogP contribution in [0.3, 0.4) is 0 Å². The number of hydrogen-bond acceptors (Lipinski definition) is 5. The zero-order valence-corrected chi connectivity index (χ0v) is 10.5. The van der Waals surface area contributed by atoms with Crippen molar-refractivity contribution in [2.75, 3.05) is 23.7 Å². The average molecular weight is 262 g/mol. The van der Waals surface area contributed by atoms with Gasteiger partial charge in [0.1, 0.15) is 5.82 Å². The standard InChI is InChI=1S/C13H15FN4O/c14-10-6-4-5-9(11(10)15)12-16-13(17-19-12)18-7-2-1-3-8-18/h4-6H,1-3,7-8,15H2. The highest BCUT2D eigenvalue weighted by Gasteiger charge is 2.19. The number of nitrogens with two attached hydrogens (primary N) is 1. The van der Waals surface area contributed by atoms with Crippen molar-refractivity contribution in [3.63, 3.8) is 0 Å². The van der Waals surface area contributed by atoms with Gasteiger partial charge in [-0.05, 0) is 36.6 Å². The van der Waals surface area contributed by atoms with Crippen LogP contribution in [-0.4, -0.2) is 23.2 Å². The van der Waals surface area contributed by atoms with Crippen LogP contribution in [0, 0.1) is 5.82 Å². The van der Waals surface area contributed by atoms with Crippen molar-refractivity contribution in [3.8, 4) is 11.5 Å². The van der Waals surface area contributed by atoms with Gasteiger partial charge in [-0.3, -0.25) is 0 Å². The van der Waals surface area contributed by atoms with Crippen molar-refractivity contribution in [1.29, 1.82) is 0 Å². The first kappa shape index (κ1) is 12.0. The Labute approximate surface area is 110 Å². The van der Waals surface area contributed by atoms with Crippen molar-refractivity contribution in [2.24, 2.45) is 0 Å². The minimum absolute atomic E-state index is 0.0383. The number of hydrogen-bond donors (Lipinski definition) is 1. The van der Waals surface area contributed by atoms with E-state index in [4.69, 9.17) is 10.3 Å². The predicted octanol–water partition coefficient (Wildman–Crippen LogP) is 2.45. The van der Waals surface area contributed by atoms with Crippen molar-refractivity contribution >= 4 is 11.6 Å². The highest BCUT2D eigenvalue weighted by Crippen LogP contribution is 2.28. The van der Waals surface area contributed by atoms with Crippen LogP contribution in [0.15, 0.2) is 22.7 Å². The Bertz CT molecular complexity index is 578. The van der Waals surface area contributed by atoms with Gasteiger partial charge in [0.15, 0.2) is 0 Å². The van der Waals surface area contributed by atoms with Crippen LogP contribution in [0.2, 0.25) is 0 Å². The second-order valence-electron chi connectivity index (χ2n) is 4.65. The maximum Gasteiger partial charge on any atom is 0.266 e. The molecule has 2 heterocycles. The minimum Gasteiger partial charge on any atom is -0.396 e. The highest BCUT2D eigenvalue weighted by molar-refractivity contribution is 5.71. The largest absolute Gasteiger partial charge is 0.396 e. The van der Waals surface area contributed by atoms with Crippen molar-refractivity contribution < 1.29 is 8.91 Å². The van der Waals surface area contributed by atoms with Crippen LogP contribution in [0.5, 0.6) is 0 Å². The van der Waals surface area contributed by atoms with E-state index in [0.717, 1.165) is 25.9 Å². The second-order valence-corrected chi connectivity index (χ2v) is 4.65. The Morgan fingerprint density at radius 2 is 2.00 bits per heavy atom. The summed E-state index contributed by atoms with van der Waals surface area (Å²) in [5.41, 5.74) is 6.16. The summed E-state index contributed by atoms with van der Waals surface area (Å²) in [4.78, 5) is 6.38. The van der Waals surface area contributed by atoms with E-state index in [2.05, 4.69) is 15.0 Å². The summed E-state index contributed by atoms with van der Waals surface area (Å²) in [6.45, 7) is 1.86. The van der Waals surface area contributed by atoms with Crippen LogP contribution < -0.4 is 10.6 Å². The minimum atomic E-state index is -0.477. The second kappa shape index (κ2) is 4.87. The number of nitrogen functional groups attached to an aromatic ring is 1. The summed E-state index contributed by atoms with van der Waals surface area (Å²) in [7, 11) is 0. The first-order valence-corrected chi connectivity index (χ1v) is 6.39. The average Bonchev–Trinajstić information content (AvgIpc) is 2.92. The molecule has 3 rings (SSSR count). The molecule has 1 aliphatic rings. The van der Waals surface area contributed by atoms with Crippen molar-refractivity contribution in [1.82, 2.24) is 10.1 Å². The first-order valence-electron chi connectivity index (χ1n) is 6.39. The molecule has 5 nitrogen and oxygen atoms in total. The number of anilines is 2. The summed E-state index contributed by atoms with van der Waals surface area (Å²) in [6, 6.07) is 4.55.